The second-order valence-electron chi connectivity index (χ2n) is 14.3. The first-order valence-electron chi connectivity index (χ1n) is 17.6. The number of hydrogen-bond acceptors (Lipinski definition) is 4. The summed E-state index contributed by atoms with van der Waals surface area (Å²) >= 11 is 0. The number of nitrogens with zero attached hydrogens (tertiary/aromatic N) is 4. The number of fused-ring (bicyclic) bond motifs is 4. The number of halogens is 1. The highest BCUT2D eigenvalue weighted by atomic mass is 19.1. The van der Waals surface area contributed by atoms with Crippen LogP contribution in [0, 0.1) is 5.82 Å². The Labute approximate surface area is 302 Å². The van der Waals surface area contributed by atoms with Crippen LogP contribution >= 0.6 is 0 Å². The molecule has 0 saturated carbocycles. The molecule has 0 N–H and O–H groups in total. The predicted octanol–water partition coefficient (Wildman–Crippen LogP) is 12.3. The van der Waals surface area contributed by atoms with E-state index in [-0.39, 0.29) is 11.2 Å². The number of anilines is 4. The lowest BCUT2D eigenvalue weighted by molar-refractivity contribution is 0.483. The van der Waals surface area contributed by atoms with E-state index in [1.54, 1.807) is 0 Å². The molecule has 254 valence electrons. The number of para-hydroxylation sites is 4. The minimum atomic E-state index is -0.244. The highest BCUT2D eigenvalue weighted by molar-refractivity contribution is 6.09. The van der Waals surface area contributed by atoms with Crippen molar-refractivity contribution in [3.63, 3.8) is 0 Å². The maximum absolute atomic E-state index is 13.8. The normalized spacial score (nSPS) is 12.8. The van der Waals surface area contributed by atoms with Crippen LogP contribution in [0.15, 0.2) is 158 Å². The molecule has 9 rings (SSSR count). The molecule has 1 aliphatic rings. The number of hydrogen-bond donors (Lipinski definition) is 0. The molecule has 6 heteroatoms. The smallest absolute Gasteiger partial charge is 0.137 e. The molecule has 0 atom stereocenters. The Kier molecular flexibility index (Phi) is 7.54. The molecule has 8 aromatic rings. The van der Waals surface area contributed by atoms with Crippen molar-refractivity contribution in [2.75, 3.05) is 16.5 Å². The zero-order valence-electron chi connectivity index (χ0n) is 29.3. The fourth-order valence-electron chi connectivity index (χ4n) is 7.34. The van der Waals surface area contributed by atoms with Crippen molar-refractivity contribution in [2.45, 2.75) is 26.2 Å². The van der Waals surface area contributed by atoms with Gasteiger partial charge in [-0.25, -0.2) is 9.37 Å². The van der Waals surface area contributed by atoms with E-state index in [9.17, 15) is 4.39 Å². The van der Waals surface area contributed by atoms with Crippen molar-refractivity contribution in [1.82, 2.24) is 9.55 Å². The van der Waals surface area contributed by atoms with Crippen molar-refractivity contribution in [3.05, 3.63) is 169 Å². The number of rotatable bonds is 6. The van der Waals surface area contributed by atoms with Crippen LogP contribution in [0.3, 0.4) is 0 Å². The van der Waals surface area contributed by atoms with E-state index in [1.165, 1.54) is 23.1 Å². The van der Waals surface area contributed by atoms with Gasteiger partial charge in [0.25, 0.3) is 0 Å². The first-order valence-corrected chi connectivity index (χ1v) is 17.6. The Morgan fingerprint density at radius 1 is 0.596 bits per heavy atom. The number of aromatic nitrogens is 2. The quantitative estimate of drug-likeness (QED) is 0.175. The van der Waals surface area contributed by atoms with Gasteiger partial charge in [0, 0.05) is 40.4 Å². The number of ether oxygens (including phenoxy) is 1. The van der Waals surface area contributed by atoms with Gasteiger partial charge < -0.3 is 14.5 Å². The van der Waals surface area contributed by atoms with Crippen molar-refractivity contribution in [2.24, 2.45) is 0 Å². The van der Waals surface area contributed by atoms with E-state index in [4.69, 9.17) is 9.72 Å². The van der Waals surface area contributed by atoms with Gasteiger partial charge >= 0.3 is 0 Å². The van der Waals surface area contributed by atoms with Crippen LogP contribution in [0.2, 0.25) is 0 Å². The summed E-state index contributed by atoms with van der Waals surface area (Å²) in [5.41, 5.74) is 9.66. The molecule has 3 heterocycles. The first-order chi connectivity index (χ1) is 25.3. The third-order valence-electron chi connectivity index (χ3n) is 9.95. The van der Waals surface area contributed by atoms with Gasteiger partial charge in [0.15, 0.2) is 0 Å². The second kappa shape index (κ2) is 12.4. The molecule has 0 amide bonds. The average Bonchev–Trinajstić information content (AvgIpc) is 3.71. The lowest BCUT2D eigenvalue weighted by Crippen LogP contribution is -2.24. The predicted molar refractivity (Wildman–Crippen MR) is 211 cm³/mol. The van der Waals surface area contributed by atoms with Crippen molar-refractivity contribution in [3.8, 4) is 28.4 Å². The number of pyridine rings is 1. The highest BCUT2D eigenvalue weighted by Crippen LogP contribution is 2.47. The largest absolute Gasteiger partial charge is 0.457 e. The molecule has 0 bridgehead atoms. The Morgan fingerprint density at radius 3 is 2.10 bits per heavy atom. The van der Waals surface area contributed by atoms with Crippen LogP contribution in [0.4, 0.5) is 27.1 Å². The molecule has 0 spiro atoms. The monoisotopic (exact) mass is 680 g/mol. The Bertz CT molecular complexity index is 2600. The third kappa shape index (κ3) is 5.53. The summed E-state index contributed by atoms with van der Waals surface area (Å²) in [4.78, 5) is 9.46. The number of benzene rings is 6. The highest BCUT2D eigenvalue weighted by Gasteiger charge is 2.29. The van der Waals surface area contributed by atoms with Crippen LogP contribution in [0.1, 0.15) is 26.3 Å². The van der Waals surface area contributed by atoms with Gasteiger partial charge in [0.1, 0.15) is 29.8 Å². The van der Waals surface area contributed by atoms with E-state index in [1.807, 2.05) is 42.6 Å². The minimum Gasteiger partial charge on any atom is -0.457 e. The minimum absolute atomic E-state index is 0.00535. The van der Waals surface area contributed by atoms with E-state index < -0.39 is 0 Å². The summed E-state index contributed by atoms with van der Waals surface area (Å²) in [6.45, 7) is 7.28. The second-order valence-corrected chi connectivity index (χ2v) is 14.3. The SMILES string of the molecule is CC(C)(C)c1ccnc(-n2c3ccccc3c3ccc(Oc4cccc(N5CN(c6ccccc6-c6ccc(F)cc6)c6ccccc65)c4)cc32)c1. The third-order valence-corrected chi connectivity index (χ3v) is 9.95. The van der Waals surface area contributed by atoms with Gasteiger partial charge in [0.2, 0.25) is 0 Å². The molecule has 0 radical (unpaired) electrons. The molecule has 0 aliphatic carbocycles. The summed E-state index contributed by atoms with van der Waals surface area (Å²) in [5.74, 6) is 2.13. The molecule has 5 nitrogen and oxygen atoms in total. The van der Waals surface area contributed by atoms with Crippen LogP contribution in [-0.4, -0.2) is 16.2 Å². The Hall–Kier alpha value is -6.40. The van der Waals surface area contributed by atoms with E-state index in [0.29, 0.717) is 6.67 Å². The lowest BCUT2D eigenvalue weighted by Gasteiger charge is -2.24. The van der Waals surface area contributed by atoms with Crippen LogP contribution in [-0.2, 0) is 5.41 Å². The Balaban J connectivity index is 1.07. The molecule has 6 aromatic carbocycles. The van der Waals surface area contributed by atoms with Gasteiger partial charge in [-0.05, 0) is 89.3 Å². The lowest BCUT2D eigenvalue weighted by atomic mass is 9.88. The van der Waals surface area contributed by atoms with Crippen LogP contribution in [0.5, 0.6) is 11.5 Å². The Morgan fingerprint density at radius 2 is 1.29 bits per heavy atom. The van der Waals surface area contributed by atoms with E-state index in [0.717, 1.165) is 67.6 Å². The van der Waals surface area contributed by atoms with E-state index in [2.05, 4.69) is 138 Å². The van der Waals surface area contributed by atoms with Crippen molar-refractivity contribution < 1.29 is 9.13 Å². The molecule has 0 fully saturated rings. The van der Waals surface area contributed by atoms with Crippen molar-refractivity contribution in [1.29, 1.82) is 0 Å². The summed E-state index contributed by atoms with van der Waals surface area (Å²) in [7, 11) is 0. The molecule has 2 aromatic heterocycles. The fraction of sp³-hybridized carbons (Fsp3) is 0.109. The van der Waals surface area contributed by atoms with Crippen molar-refractivity contribution >= 4 is 44.6 Å². The maximum atomic E-state index is 13.8. The standard InChI is InChI=1S/C46H37FN4O/c1-46(2,3)32-25-26-48-45(27-32)51-41-16-7-5-14-38(41)39-24-23-36(29-44(39)51)52-35-12-10-11-34(28-35)49-30-50(43-18-9-8-17-42(43)49)40-15-6-4-13-37(40)31-19-21-33(47)22-20-31/h4-29H,30H2,1-3H3. The summed E-state index contributed by atoms with van der Waals surface area (Å²) in [5, 5.41) is 2.32. The first kappa shape index (κ1) is 31.6. The van der Waals surface area contributed by atoms with Gasteiger partial charge in [0.05, 0.1) is 28.1 Å². The molecular weight excluding hydrogens is 644 g/mol. The maximum Gasteiger partial charge on any atom is 0.137 e. The zero-order chi connectivity index (χ0) is 35.4. The summed E-state index contributed by atoms with van der Waals surface area (Å²) < 4.78 is 22.7. The zero-order valence-corrected chi connectivity index (χ0v) is 29.3. The van der Waals surface area contributed by atoms with Gasteiger partial charge in [-0.1, -0.05) is 87.5 Å². The van der Waals surface area contributed by atoms with E-state index >= 15 is 0 Å². The molecular formula is C46H37FN4O. The van der Waals surface area contributed by atoms with Crippen LogP contribution in [0.25, 0.3) is 38.8 Å². The van der Waals surface area contributed by atoms with Gasteiger partial charge in [-0.15, -0.1) is 0 Å². The average molecular weight is 681 g/mol. The summed E-state index contributed by atoms with van der Waals surface area (Å²) in [6, 6.07) is 50.8. The van der Waals surface area contributed by atoms with Crippen LogP contribution < -0.4 is 14.5 Å². The molecule has 52 heavy (non-hydrogen) atoms. The van der Waals surface area contributed by atoms with Gasteiger partial charge in [-0.2, -0.15) is 0 Å². The molecule has 0 unspecified atom stereocenters. The molecule has 1 aliphatic heterocycles. The molecule has 0 saturated heterocycles. The van der Waals surface area contributed by atoms with Gasteiger partial charge in [-0.3, -0.25) is 4.57 Å². The fourth-order valence-corrected chi connectivity index (χ4v) is 7.34. The topological polar surface area (TPSA) is 33.5 Å². The summed E-state index contributed by atoms with van der Waals surface area (Å²) in [6.07, 6.45) is 1.90.